The van der Waals surface area contributed by atoms with Crippen LogP contribution in [-0.4, -0.2) is 30.2 Å². The van der Waals surface area contributed by atoms with Crippen molar-refractivity contribution in [2.24, 2.45) is 7.05 Å². The lowest BCUT2D eigenvalue weighted by atomic mass is 10.0. The maximum absolute atomic E-state index is 12.7. The summed E-state index contributed by atoms with van der Waals surface area (Å²) in [6.07, 6.45) is 0. The number of amides is 1. The third-order valence-corrected chi connectivity index (χ3v) is 6.43. The van der Waals surface area contributed by atoms with Crippen molar-refractivity contribution in [1.82, 2.24) is 4.57 Å². The van der Waals surface area contributed by atoms with Gasteiger partial charge < -0.3 is 19.4 Å². The first-order chi connectivity index (χ1) is 13.9. The Kier molecular flexibility index (Phi) is 6.19. The van der Waals surface area contributed by atoms with Crippen LogP contribution >= 0.6 is 22.7 Å². The van der Waals surface area contributed by atoms with E-state index >= 15 is 0 Å². The molecule has 0 unspecified atom stereocenters. The number of aromatic nitrogens is 1. The smallest absolute Gasteiger partial charge is 0.341 e. The number of anilines is 1. The molecule has 1 amide bonds. The highest BCUT2D eigenvalue weighted by Gasteiger charge is 2.24. The fraction of sp³-hybridized carbons (Fsp3) is 0.250. The van der Waals surface area contributed by atoms with E-state index in [1.807, 2.05) is 12.1 Å². The predicted octanol–water partition coefficient (Wildman–Crippen LogP) is 3.92. The SMILES string of the molecule is CCOC(=O)c1c(-c2ccc(OC)cc2)csc1NC(=O)c1sc(=O)n(C)c1C. The number of thiazole rings is 1. The van der Waals surface area contributed by atoms with Crippen LogP contribution in [0.3, 0.4) is 0 Å². The number of rotatable bonds is 6. The summed E-state index contributed by atoms with van der Waals surface area (Å²) < 4.78 is 11.8. The Labute approximate surface area is 175 Å². The van der Waals surface area contributed by atoms with Crippen molar-refractivity contribution in [2.75, 3.05) is 19.0 Å². The van der Waals surface area contributed by atoms with Gasteiger partial charge in [-0.25, -0.2) is 4.79 Å². The van der Waals surface area contributed by atoms with Gasteiger partial charge in [0.25, 0.3) is 5.91 Å². The summed E-state index contributed by atoms with van der Waals surface area (Å²) in [7, 11) is 3.19. The number of carbonyl (C=O) groups excluding carboxylic acids is 2. The molecule has 152 valence electrons. The average Bonchev–Trinajstić information content (AvgIpc) is 3.24. The molecule has 0 radical (unpaired) electrons. The fourth-order valence-corrected chi connectivity index (χ4v) is 4.56. The summed E-state index contributed by atoms with van der Waals surface area (Å²) in [6, 6.07) is 7.26. The zero-order chi connectivity index (χ0) is 21.1. The van der Waals surface area contributed by atoms with E-state index in [9.17, 15) is 14.4 Å². The molecule has 0 saturated carbocycles. The van der Waals surface area contributed by atoms with Gasteiger partial charge in [-0.3, -0.25) is 9.59 Å². The number of carbonyl (C=O) groups is 2. The third-order valence-electron chi connectivity index (χ3n) is 4.40. The minimum absolute atomic E-state index is 0.212. The van der Waals surface area contributed by atoms with Crippen molar-refractivity contribution in [3.05, 3.63) is 55.4 Å². The van der Waals surface area contributed by atoms with Gasteiger partial charge in [-0.05, 0) is 31.5 Å². The van der Waals surface area contributed by atoms with Gasteiger partial charge in [-0.2, -0.15) is 0 Å². The van der Waals surface area contributed by atoms with E-state index in [0.29, 0.717) is 26.9 Å². The van der Waals surface area contributed by atoms with E-state index in [2.05, 4.69) is 5.32 Å². The lowest BCUT2D eigenvalue weighted by molar-refractivity contribution is 0.0529. The van der Waals surface area contributed by atoms with Crippen LogP contribution in [0.15, 0.2) is 34.4 Å². The summed E-state index contributed by atoms with van der Waals surface area (Å²) in [5, 5.41) is 4.95. The highest BCUT2D eigenvalue weighted by molar-refractivity contribution is 7.15. The topological polar surface area (TPSA) is 86.6 Å². The van der Waals surface area contributed by atoms with Crippen molar-refractivity contribution >= 4 is 39.6 Å². The lowest BCUT2D eigenvalue weighted by Gasteiger charge is -2.09. The number of hydrogen-bond acceptors (Lipinski definition) is 7. The van der Waals surface area contributed by atoms with Gasteiger partial charge in [0.2, 0.25) is 0 Å². The Morgan fingerprint density at radius 2 is 1.90 bits per heavy atom. The standard InChI is InChI=1S/C20H20N2O5S2/c1-5-27-19(24)15-14(12-6-8-13(26-4)9-7-12)10-28-18(15)21-17(23)16-11(2)22(3)20(25)29-16/h6-10H,5H2,1-4H3,(H,21,23). The number of methoxy groups -OCH3 is 1. The fourth-order valence-electron chi connectivity index (χ4n) is 2.73. The molecule has 0 spiro atoms. The number of hydrogen-bond donors (Lipinski definition) is 1. The first kappa shape index (κ1) is 20.8. The second-order valence-electron chi connectivity index (χ2n) is 6.10. The molecule has 1 N–H and O–H groups in total. The Morgan fingerprint density at radius 1 is 1.21 bits per heavy atom. The van der Waals surface area contributed by atoms with Crippen molar-refractivity contribution in [3.8, 4) is 16.9 Å². The van der Waals surface area contributed by atoms with Crippen molar-refractivity contribution in [2.45, 2.75) is 13.8 Å². The Bertz CT molecular complexity index is 1110. The zero-order valence-corrected chi connectivity index (χ0v) is 18.0. The molecular formula is C20H20N2O5S2. The molecule has 7 nitrogen and oxygen atoms in total. The van der Waals surface area contributed by atoms with E-state index in [1.165, 1.54) is 15.9 Å². The number of benzene rings is 1. The van der Waals surface area contributed by atoms with Crippen LogP contribution in [0.5, 0.6) is 5.75 Å². The van der Waals surface area contributed by atoms with Crippen LogP contribution in [0.2, 0.25) is 0 Å². The van der Waals surface area contributed by atoms with Gasteiger partial charge >= 0.3 is 10.8 Å². The molecule has 9 heteroatoms. The van der Waals surface area contributed by atoms with E-state index in [0.717, 1.165) is 16.9 Å². The van der Waals surface area contributed by atoms with Gasteiger partial charge in [0.15, 0.2) is 0 Å². The van der Waals surface area contributed by atoms with E-state index in [1.54, 1.807) is 45.5 Å². The molecule has 2 aromatic heterocycles. The monoisotopic (exact) mass is 432 g/mol. The Balaban J connectivity index is 2.00. The third kappa shape index (κ3) is 4.10. The first-order valence-corrected chi connectivity index (χ1v) is 10.5. The van der Waals surface area contributed by atoms with Crippen LogP contribution in [0.1, 0.15) is 32.6 Å². The van der Waals surface area contributed by atoms with Gasteiger partial charge in [0, 0.05) is 23.7 Å². The van der Waals surface area contributed by atoms with Crippen molar-refractivity contribution in [1.29, 1.82) is 0 Å². The molecular weight excluding hydrogens is 412 g/mol. The van der Waals surface area contributed by atoms with Gasteiger partial charge in [0.1, 0.15) is 21.2 Å². The molecule has 3 aromatic rings. The molecule has 0 bridgehead atoms. The molecule has 0 atom stereocenters. The molecule has 0 saturated heterocycles. The molecule has 3 rings (SSSR count). The number of nitrogens with zero attached hydrogens (tertiary/aromatic N) is 1. The van der Waals surface area contributed by atoms with Gasteiger partial charge in [-0.1, -0.05) is 23.5 Å². The molecule has 0 aliphatic rings. The van der Waals surface area contributed by atoms with Gasteiger partial charge in [0.05, 0.1) is 13.7 Å². The summed E-state index contributed by atoms with van der Waals surface area (Å²) in [5.41, 5.74) is 2.31. The molecule has 1 aromatic carbocycles. The quantitative estimate of drug-likeness (QED) is 0.597. The van der Waals surface area contributed by atoms with Crippen LogP contribution in [0.4, 0.5) is 5.00 Å². The largest absolute Gasteiger partial charge is 0.497 e. The van der Waals surface area contributed by atoms with Crippen LogP contribution < -0.4 is 14.9 Å². The maximum Gasteiger partial charge on any atom is 0.341 e. The summed E-state index contributed by atoms with van der Waals surface area (Å²) >= 11 is 2.10. The molecule has 0 fully saturated rings. The minimum Gasteiger partial charge on any atom is -0.497 e. The molecule has 2 heterocycles. The maximum atomic E-state index is 12.7. The normalized spacial score (nSPS) is 10.6. The van der Waals surface area contributed by atoms with Crippen LogP contribution in [0, 0.1) is 6.92 Å². The number of esters is 1. The first-order valence-electron chi connectivity index (χ1n) is 8.78. The summed E-state index contributed by atoms with van der Waals surface area (Å²) in [6.45, 7) is 3.64. The number of nitrogens with one attached hydrogen (secondary N) is 1. The van der Waals surface area contributed by atoms with Crippen LogP contribution in [0.25, 0.3) is 11.1 Å². The molecule has 0 aliphatic heterocycles. The van der Waals surface area contributed by atoms with E-state index < -0.39 is 11.9 Å². The zero-order valence-electron chi connectivity index (χ0n) is 16.4. The van der Waals surface area contributed by atoms with E-state index in [4.69, 9.17) is 9.47 Å². The number of thiophene rings is 1. The molecule has 29 heavy (non-hydrogen) atoms. The highest BCUT2D eigenvalue weighted by atomic mass is 32.1. The van der Waals surface area contributed by atoms with Crippen molar-refractivity contribution < 1.29 is 19.1 Å². The molecule has 0 aliphatic carbocycles. The Hall–Kier alpha value is -2.91. The lowest BCUT2D eigenvalue weighted by Crippen LogP contribution is -2.15. The predicted molar refractivity (Wildman–Crippen MR) is 115 cm³/mol. The van der Waals surface area contributed by atoms with Gasteiger partial charge in [-0.15, -0.1) is 11.3 Å². The second kappa shape index (κ2) is 8.62. The summed E-state index contributed by atoms with van der Waals surface area (Å²) in [5.74, 6) is -0.253. The second-order valence-corrected chi connectivity index (χ2v) is 7.94. The van der Waals surface area contributed by atoms with Crippen molar-refractivity contribution in [3.63, 3.8) is 0 Å². The summed E-state index contributed by atoms with van der Waals surface area (Å²) in [4.78, 5) is 37.3. The van der Waals surface area contributed by atoms with E-state index in [-0.39, 0.29) is 17.0 Å². The van der Waals surface area contributed by atoms with Crippen LogP contribution in [-0.2, 0) is 11.8 Å². The minimum atomic E-state index is -0.521. The Morgan fingerprint density at radius 3 is 2.45 bits per heavy atom. The highest BCUT2D eigenvalue weighted by Crippen LogP contribution is 2.37. The number of ether oxygens (including phenoxy) is 2. The average molecular weight is 433 g/mol.